The van der Waals surface area contributed by atoms with Gasteiger partial charge in [-0.3, -0.25) is 4.79 Å². The van der Waals surface area contributed by atoms with Gasteiger partial charge in [-0.25, -0.2) is 9.67 Å². The van der Waals surface area contributed by atoms with Crippen molar-refractivity contribution < 1.29 is 4.79 Å². The second-order valence-electron chi connectivity index (χ2n) is 5.95. The number of aromatic amines is 1. The van der Waals surface area contributed by atoms with Crippen molar-refractivity contribution >= 4 is 41.8 Å². The second-order valence-corrected chi connectivity index (χ2v) is 5.95. The van der Waals surface area contributed by atoms with E-state index in [2.05, 4.69) is 30.9 Å². The van der Waals surface area contributed by atoms with Crippen LogP contribution in [0, 0.1) is 0 Å². The summed E-state index contributed by atoms with van der Waals surface area (Å²) in [6, 6.07) is 8.09. The number of piperidine rings is 1. The molecule has 1 aliphatic rings. The van der Waals surface area contributed by atoms with Gasteiger partial charge in [0, 0.05) is 0 Å². The number of carbonyl (C=O) groups excluding carboxylic acids is 1. The van der Waals surface area contributed by atoms with Crippen LogP contribution in [-0.4, -0.2) is 44.0 Å². The molecule has 1 amide bonds. The molecule has 0 spiro atoms. The van der Waals surface area contributed by atoms with Gasteiger partial charge in [0.25, 0.3) is 5.91 Å². The third-order valence-electron chi connectivity index (χ3n) is 4.28. The van der Waals surface area contributed by atoms with Crippen LogP contribution in [0.4, 0.5) is 0 Å². The summed E-state index contributed by atoms with van der Waals surface area (Å²) in [6.07, 6.45) is 3.73. The number of rotatable bonds is 4. The normalized spacial score (nSPS) is 14.5. The fourth-order valence-corrected chi connectivity index (χ4v) is 2.97. The Hall–Kier alpha value is -2.16. The second kappa shape index (κ2) is 8.98. The Morgan fingerprint density at radius 1 is 1.23 bits per heavy atom. The minimum absolute atomic E-state index is 0. The molecule has 0 atom stereocenters. The van der Waals surface area contributed by atoms with Gasteiger partial charge in [0.1, 0.15) is 5.82 Å². The third kappa shape index (κ3) is 4.32. The lowest BCUT2D eigenvalue weighted by Crippen LogP contribution is -2.29. The number of carbonyl (C=O) groups is 1. The molecule has 2 aromatic heterocycles. The molecule has 1 fully saturated rings. The molecule has 10 heteroatoms. The van der Waals surface area contributed by atoms with Crippen LogP contribution in [0.1, 0.15) is 35.2 Å². The summed E-state index contributed by atoms with van der Waals surface area (Å²) in [7, 11) is 0. The first kappa shape index (κ1) is 20.2. The van der Waals surface area contributed by atoms with E-state index in [0.717, 1.165) is 42.8 Å². The molecule has 1 aliphatic heterocycles. The number of fused-ring (bicyclic) bond motifs is 1. The van der Waals surface area contributed by atoms with Crippen LogP contribution < -0.4 is 10.6 Å². The van der Waals surface area contributed by atoms with Crippen LogP contribution in [0.25, 0.3) is 11.0 Å². The van der Waals surface area contributed by atoms with Gasteiger partial charge in [-0.05, 0) is 38.1 Å². The van der Waals surface area contributed by atoms with Gasteiger partial charge in [-0.15, -0.1) is 29.9 Å². The topological polar surface area (TPSA) is 101 Å². The first-order valence-corrected chi connectivity index (χ1v) is 8.14. The fraction of sp³-hybridized carbons (Fsp3) is 0.375. The molecule has 26 heavy (non-hydrogen) atoms. The van der Waals surface area contributed by atoms with E-state index in [1.165, 1.54) is 0 Å². The number of halogens is 2. The molecular weight excluding hydrogens is 377 g/mol. The van der Waals surface area contributed by atoms with Crippen molar-refractivity contribution in [2.75, 3.05) is 13.1 Å². The maximum Gasteiger partial charge on any atom is 0.273 e. The molecule has 140 valence electrons. The van der Waals surface area contributed by atoms with Crippen LogP contribution in [0.2, 0.25) is 0 Å². The predicted octanol–water partition coefficient (Wildman–Crippen LogP) is 1.85. The highest BCUT2D eigenvalue weighted by atomic mass is 35.5. The van der Waals surface area contributed by atoms with Crippen molar-refractivity contribution in [2.45, 2.75) is 25.4 Å². The molecule has 3 aromatic rings. The maximum absolute atomic E-state index is 12.2. The van der Waals surface area contributed by atoms with Crippen LogP contribution in [-0.2, 0) is 6.54 Å². The quantitative estimate of drug-likeness (QED) is 0.623. The number of nitrogens with one attached hydrogen (secondary N) is 3. The summed E-state index contributed by atoms with van der Waals surface area (Å²) in [5.41, 5.74) is 2.18. The number of amides is 1. The predicted molar refractivity (Wildman–Crippen MR) is 103 cm³/mol. The van der Waals surface area contributed by atoms with E-state index in [9.17, 15) is 4.79 Å². The molecule has 3 heterocycles. The highest BCUT2D eigenvalue weighted by molar-refractivity contribution is 5.91. The molecule has 8 nitrogen and oxygen atoms in total. The standard InChI is InChI=1S/C16H19N7O.2ClH/c24-16(14-10-23(22-21-14)11-5-7-17-8-6-11)18-9-15-19-12-3-1-2-4-13(12)20-15;;/h1-4,10-11,17H,5-9H2,(H,18,24)(H,19,20);2*1H. The monoisotopic (exact) mass is 397 g/mol. The van der Waals surface area contributed by atoms with Gasteiger partial charge in [0.2, 0.25) is 0 Å². The minimum Gasteiger partial charge on any atom is -0.343 e. The van der Waals surface area contributed by atoms with Gasteiger partial charge >= 0.3 is 0 Å². The maximum atomic E-state index is 12.2. The van der Waals surface area contributed by atoms with Gasteiger partial charge in [-0.2, -0.15) is 0 Å². The highest BCUT2D eigenvalue weighted by Crippen LogP contribution is 2.17. The zero-order valence-electron chi connectivity index (χ0n) is 14.0. The van der Waals surface area contributed by atoms with Crippen LogP contribution in [0.15, 0.2) is 30.5 Å². The van der Waals surface area contributed by atoms with Crippen molar-refractivity contribution in [1.29, 1.82) is 0 Å². The van der Waals surface area contributed by atoms with Crippen molar-refractivity contribution in [1.82, 2.24) is 35.6 Å². The van der Waals surface area contributed by atoms with Gasteiger partial charge in [-0.1, -0.05) is 17.3 Å². The van der Waals surface area contributed by atoms with Gasteiger partial charge < -0.3 is 15.6 Å². The summed E-state index contributed by atoms with van der Waals surface area (Å²) in [4.78, 5) is 19.9. The molecule has 0 saturated carbocycles. The van der Waals surface area contributed by atoms with E-state index in [1.807, 2.05) is 24.3 Å². The number of H-pyrrole nitrogens is 1. The Labute approximate surface area is 163 Å². The molecule has 1 saturated heterocycles. The van der Waals surface area contributed by atoms with E-state index < -0.39 is 0 Å². The largest absolute Gasteiger partial charge is 0.343 e. The minimum atomic E-state index is -0.240. The molecule has 0 unspecified atom stereocenters. The Morgan fingerprint density at radius 3 is 2.77 bits per heavy atom. The average molecular weight is 398 g/mol. The lowest BCUT2D eigenvalue weighted by Gasteiger charge is -2.22. The number of hydrogen-bond donors (Lipinski definition) is 3. The van der Waals surface area contributed by atoms with E-state index in [-0.39, 0.29) is 30.7 Å². The lowest BCUT2D eigenvalue weighted by atomic mass is 10.1. The van der Waals surface area contributed by atoms with Gasteiger partial charge in [0.15, 0.2) is 5.69 Å². The number of benzene rings is 1. The summed E-state index contributed by atoms with van der Waals surface area (Å²) in [5.74, 6) is 0.478. The number of para-hydroxylation sites is 2. The van der Waals surface area contributed by atoms with E-state index >= 15 is 0 Å². The molecular formula is C16H21Cl2N7O. The zero-order valence-corrected chi connectivity index (χ0v) is 15.6. The number of imidazole rings is 1. The molecule has 0 aliphatic carbocycles. The smallest absolute Gasteiger partial charge is 0.273 e. The number of nitrogens with zero attached hydrogens (tertiary/aromatic N) is 4. The van der Waals surface area contributed by atoms with Gasteiger partial charge in [0.05, 0.1) is 29.8 Å². The van der Waals surface area contributed by atoms with Crippen molar-refractivity contribution in [3.63, 3.8) is 0 Å². The van der Waals surface area contributed by atoms with E-state index in [0.29, 0.717) is 18.3 Å². The zero-order chi connectivity index (χ0) is 16.4. The molecule has 3 N–H and O–H groups in total. The molecule has 1 aromatic carbocycles. The Morgan fingerprint density at radius 2 is 2.00 bits per heavy atom. The average Bonchev–Trinajstić information content (AvgIpc) is 3.27. The molecule has 4 rings (SSSR count). The number of aromatic nitrogens is 5. The number of hydrogen-bond acceptors (Lipinski definition) is 5. The third-order valence-corrected chi connectivity index (χ3v) is 4.28. The first-order valence-electron chi connectivity index (χ1n) is 8.14. The van der Waals surface area contributed by atoms with Crippen LogP contribution >= 0.6 is 24.8 Å². The fourth-order valence-electron chi connectivity index (χ4n) is 2.97. The summed E-state index contributed by atoms with van der Waals surface area (Å²) >= 11 is 0. The van der Waals surface area contributed by atoms with Crippen molar-refractivity contribution in [2.24, 2.45) is 0 Å². The van der Waals surface area contributed by atoms with Crippen LogP contribution in [0.3, 0.4) is 0 Å². The summed E-state index contributed by atoms with van der Waals surface area (Å²) in [6.45, 7) is 2.27. The molecule has 0 radical (unpaired) electrons. The van der Waals surface area contributed by atoms with E-state index in [4.69, 9.17) is 0 Å². The Kier molecular flexibility index (Phi) is 6.96. The van der Waals surface area contributed by atoms with E-state index in [1.54, 1.807) is 10.9 Å². The molecule has 0 bridgehead atoms. The Bertz CT molecular complexity index is 824. The van der Waals surface area contributed by atoms with Crippen molar-refractivity contribution in [3.8, 4) is 0 Å². The SMILES string of the molecule is Cl.Cl.O=C(NCc1nc2ccccc2[nH]1)c1cn(C2CCNCC2)nn1. The van der Waals surface area contributed by atoms with Crippen LogP contribution in [0.5, 0.6) is 0 Å². The highest BCUT2D eigenvalue weighted by Gasteiger charge is 2.18. The van der Waals surface area contributed by atoms with Crippen molar-refractivity contribution in [3.05, 3.63) is 42.0 Å². The first-order chi connectivity index (χ1) is 11.8. The Balaban J connectivity index is 0.00000121. The lowest BCUT2D eigenvalue weighted by molar-refractivity contribution is 0.0945. The summed E-state index contributed by atoms with van der Waals surface area (Å²) in [5, 5.41) is 14.2. The summed E-state index contributed by atoms with van der Waals surface area (Å²) < 4.78 is 1.80.